The van der Waals surface area contributed by atoms with Gasteiger partial charge in [0, 0.05) is 37.4 Å². The number of aromatic nitrogens is 6. The van der Waals surface area contributed by atoms with E-state index < -0.39 is 12.2 Å². The minimum absolute atomic E-state index is 0.225. The van der Waals surface area contributed by atoms with Gasteiger partial charge in [-0.05, 0) is 62.4 Å². The van der Waals surface area contributed by atoms with Crippen LogP contribution in [0.4, 0.5) is 8.78 Å². The number of ether oxygens (including phenoxy) is 4. The first-order valence-corrected chi connectivity index (χ1v) is 16.4. The molecule has 4 aromatic heterocycles. The maximum atomic E-state index is 13.7. The average Bonchev–Trinajstić information content (AvgIpc) is 3.75. The lowest BCUT2D eigenvalue weighted by Crippen LogP contribution is -2.31. The Kier molecular flexibility index (Phi) is 9.28. The van der Waals surface area contributed by atoms with E-state index in [2.05, 4.69) is 20.2 Å². The molecule has 268 valence electrons. The van der Waals surface area contributed by atoms with Crippen LogP contribution in [0.2, 0.25) is 0 Å². The minimum Gasteiger partial charge on any atom is -0.491 e. The maximum absolute atomic E-state index is 13.7. The Morgan fingerprint density at radius 2 is 1.06 bits per heavy atom. The van der Waals surface area contributed by atoms with E-state index in [1.807, 2.05) is 0 Å². The van der Waals surface area contributed by atoms with Crippen LogP contribution in [-0.2, 0) is 0 Å². The van der Waals surface area contributed by atoms with Gasteiger partial charge in [-0.15, -0.1) is 10.2 Å². The Labute approximate surface area is 296 Å². The van der Waals surface area contributed by atoms with Crippen molar-refractivity contribution in [3.63, 3.8) is 0 Å². The molecule has 1 unspecified atom stereocenters. The van der Waals surface area contributed by atoms with Crippen LogP contribution in [0.25, 0.3) is 11.3 Å². The van der Waals surface area contributed by atoms with Crippen molar-refractivity contribution >= 4 is 23.1 Å². The third-order valence-electron chi connectivity index (χ3n) is 8.59. The average molecular weight is 713 g/mol. The van der Waals surface area contributed by atoms with Crippen LogP contribution in [0.1, 0.15) is 58.2 Å². The topological polar surface area (TPSA) is 138 Å². The molecule has 6 aromatic rings. The van der Waals surface area contributed by atoms with E-state index in [0.717, 1.165) is 0 Å². The molecule has 0 N–H and O–H groups in total. The van der Waals surface area contributed by atoms with Crippen molar-refractivity contribution in [2.45, 2.75) is 26.1 Å². The Morgan fingerprint density at radius 1 is 0.635 bits per heavy atom. The van der Waals surface area contributed by atoms with Gasteiger partial charge in [0.15, 0.2) is 22.7 Å². The standard InChI is InChI=1S/2C18H17FN4O3/c2*1-11-13-9-12(19)3-4-15(13)25-8-7-22(2)18(24)14-10-20-16-5-6-17(26-11)21-23(14)16/h2*3-6,9-11H,7-8H2,1-2H3/t11-;/m1./s1. The molecule has 2 aliphatic heterocycles. The van der Waals surface area contributed by atoms with Crippen LogP contribution in [0.15, 0.2) is 73.1 Å². The van der Waals surface area contributed by atoms with E-state index in [-0.39, 0.29) is 36.7 Å². The molecule has 0 fully saturated rings. The summed E-state index contributed by atoms with van der Waals surface area (Å²) in [7, 11) is 3.36. The molecule has 8 rings (SSSR count). The highest BCUT2D eigenvalue weighted by Crippen LogP contribution is 2.31. The lowest BCUT2D eigenvalue weighted by atomic mass is 10.1. The van der Waals surface area contributed by atoms with Gasteiger partial charge in [0.25, 0.3) is 11.8 Å². The monoisotopic (exact) mass is 712 g/mol. The normalized spacial score (nSPS) is 17.7. The zero-order valence-electron chi connectivity index (χ0n) is 28.7. The van der Waals surface area contributed by atoms with Crippen LogP contribution in [-0.4, -0.2) is 91.2 Å². The molecule has 14 nitrogen and oxygen atoms in total. The molecule has 16 heteroatoms. The molecule has 6 heterocycles. The molecule has 0 radical (unpaired) electrons. The first kappa shape index (κ1) is 34.1. The Hall–Kier alpha value is -6.32. The summed E-state index contributed by atoms with van der Waals surface area (Å²) < 4.78 is 53.7. The summed E-state index contributed by atoms with van der Waals surface area (Å²) in [5.74, 6) is 0.431. The Bertz CT molecular complexity index is 2130. The van der Waals surface area contributed by atoms with Gasteiger partial charge in [0.2, 0.25) is 11.8 Å². The van der Waals surface area contributed by atoms with Crippen LogP contribution in [0.5, 0.6) is 23.3 Å². The summed E-state index contributed by atoms with van der Waals surface area (Å²) >= 11 is 0. The molecule has 0 spiro atoms. The number of imidazole rings is 2. The highest BCUT2D eigenvalue weighted by atomic mass is 19.1. The molecule has 2 amide bonds. The summed E-state index contributed by atoms with van der Waals surface area (Å²) in [5, 5.41) is 8.72. The van der Waals surface area contributed by atoms with Crippen molar-refractivity contribution in [1.82, 2.24) is 39.0 Å². The van der Waals surface area contributed by atoms with Crippen LogP contribution in [0, 0.1) is 11.6 Å². The van der Waals surface area contributed by atoms with Gasteiger partial charge in [0.1, 0.15) is 48.6 Å². The second-order valence-corrected chi connectivity index (χ2v) is 12.2. The molecule has 2 aromatic carbocycles. The highest BCUT2D eigenvalue weighted by molar-refractivity contribution is 5.93. The van der Waals surface area contributed by atoms with Crippen molar-refractivity contribution in [3.8, 4) is 23.3 Å². The second kappa shape index (κ2) is 14.1. The number of fused-ring (bicyclic) bond motifs is 4. The number of carbonyl (C=O) groups is 2. The number of halogens is 2. The van der Waals surface area contributed by atoms with E-state index in [1.165, 1.54) is 55.5 Å². The number of nitrogens with zero attached hydrogens (tertiary/aromatic N) is 8. The van der Waals surface area contributed by atoms with E-state index >= 15 is 0 Å². The first-order valence-electron chi connectivity index (χ1n) is 16.4. The molecule has 2 aliphatic rings. The van der Waals surface area contributed by atoms with Gasteiger partial charge in [-0.1, -0.05) is 0 Å². The van der Waals surface area contributed by atoms with Gasteiger partial charge in [-0.3, -0.25) is 9.59 Å². The Balaban J connectivity index is 0.000000162. The van der Waals surface area contributed by atoms with Crippen molar-refractivity contribution < 1.29 is 37.3 Å². The summed E-state index contributed by atoms with van der Waals surface area (Å²) in [4.78, 5) is 36.8. The molecule has 0 aliphatic carbocycles. The molecule has 0 saturated carbocycles. The Morgan fingerprint density at radius 3 is 1.48 bits per heavy atom. The summed E-state index contributed by atoms with van der Waals surface area (Å²) in [6, 6.07) is 15.3. The second-order valence-electron chi connectivity index (χ2n) is 12.2. The third kappa shape index (κ3) is 6.86. The van der Waals surface area contributed by atoms with Gasteiger partial charge < -0.3 is 28.7 Å². The lowest BCUT2D eigenvalue weighted by molar-refractivity contribution is 0.0759. The quantitative estimate of drug-likeness (QED) is 0.213. The number of amides is 2. The van der Waals surface area contributed by atoms with Crippen molar-refractivity contribution in [1.29, 1.82) is 0 Å². The molecule has 52 heavy (non-hydrogen) atoms. The smallest absolute Gasteiger partial charge is 0.274 e. The zero-order chi connectivity index (χ0) is 36.5. The fraction of sp³-hybridized carbons (Fsp3) is 0.278. The lowest BCUT2D eigenvalue weighted by Gasteiger charge is -2.19. The molecule has 2 atom stereocenters. The van der Waals surface area contributed by atoms with E-state index in [4.69, 9.17) is 18.9 Å². The van der Waals surface area contributed by atoms with Crippen LogP contribution in [0.3, 0.4) is 0 Å². The summed E-state index contributed by atoms with van der Waals surface area (Å²) in [5.41, 5.74) is 2.91. The van der Waals surface area contributed by atoms with Gasteiger partial charge in [-0.25, -0.2) is 27.8 Å². The van der Waals surface area contributed by atoms with Crippen molar-refractivity contribution in [2.24, 2.45) is 0 Å². The fourth-order valence-corrected chi connectivity index (χ4v) is 5.74. The largest absolute Gasteiger partial charge is 0.491 e. The maximum Gasteiger partial charge on any atom is 0.274 e. The molecular weight excluding hydrogens is 678 g/mol. The fourth-order valence-electron chi connectivity index (χ4n) is 5.74. The molecule has 0 saturated heterocycles. The number of hydrogen-bond acceptors (Lipinski definition) is 10. The number of likely N-dealkylation sites (N-methyl/N-ethyl adjacent to an activating group) is 2. The number of rotatable bonds is 0. The SMILES string of the molecule is CC1Oc2ccc3ncc(n3n2)C(=O)N(C)CCOc2ccc(F)cc21.C[C@H]1Oc2ccc3ncc(n3n2)C(=O)N(C)CCOc2ccc(F)cc21. The van der Waals surface area contributed by atoms with Gasteiger partial charge in [-0.2, -0.15) is 0 Å². The molecular formula is C36H34F2N8O6. The zero-order valence-corrected chi connectivity index (χ0v) is 28.7. The van der Waals surface area contributed by atoms with E-state index in [0.29, 0.717) is 70.2 Å². The first-order chi connectivity index (χ1) is 25.0. The van der Waals surface area contributed by atoms with Crippen LogP contribution < -0.4 is 18.9 Å². The summed E-state index contributed by atoms with van der Waals surface area (Å²) in [6.45, 7) is 4.83. The van der Waals surface area contributed by atoms with Crippen LogP contribution >= 0.6 is 0 Å². The number of hydrogen-bond donors (Lipinski definition) is 0. The van der Waals surface area contributed by atoms with Crippen molar-refractivity contribution in [2.75, 3.05) is 40.4 Å². The van der Waals surface area contributed by atoms with Gasteiger partial charge in [0.05, 0.1) is 25.5 Å². The summed E-state index contributed by atoms with van der Waals surface area (Å²) in [6.07, 6.45) is 1.98. The predicted molar refractivity (Wildman–Crippen MR) is 182 cm³/mol. The number of carbonyl (C=O) groups excluding carboxylic acids is 2. The third-order valence-corrected chi connectivity index (χ3v) is 8.59. The van der Waals surface area contributed by atoms with E-state index in [1.54, 1.807) is 64.3 Å². The minimum atomic E-state index is -0.494. The van der Waals surface area contributed by atoms with Gasteiger partial charge >= 0.3 is 0 Å². The highest BCUT2D eigenvalue weighted by Gasteiger charge is 2.23. The van der Waals surface area contributed by atoms with Crippen molar-refractivity contribution in [3.05, 3.63) is 107 Å². The van der Waals surface area contributed by atoms with E-state index in [9.17, 15) is 18.4 Å². The number of benzene rings is 2. The molecule has 4 bridgehead atoms. The predicted octanol–water partition coefficient (Wildman–Crippen LogP) is 4.95.